The van der Waals surface area contributed by atoms with E-state index in [0.29, 0.717) is 11.1 Å². The summed E-state index contributed by atoms with van der Waals surface area (Å²) in [7, 11) is 0. The lowest BCUT2D eigenvalue weighted by molar-refractivity contribution is -0.119. The first-order valence-corrected chi connectivity index (χ1v) is 8.80. The van der Waals surface area contributed by atoms with Crippen LogP contribution in [0.5, 0.6) is 0 Å². The molecule has 10 heteroatoms. The van der Waals surface area contributed by atoms with Crippen LogP contribution in [0.2, 0.25) is 0 Å². The van der Waals surface area contributed by atoms with Crippen LogP contribution >= 0.6 is 0 Å². The van der Waals surface area contributed by atoms with E-state index in [2.05, 4.69) is 25.6 Å². The third kappa shape index (κ3) is 4.37. The highest BCUT2D eigenvalue weighted by atomic mass is 19.1. The van der Waals surface area contributed by atoms with Gasteiger partial charge >= 0.3 is 0 Å². The molecule has 2 amide bonds. The van der Waals surface area contributed by atoms with Crippen LogP contribution in [-0.4, -0.2) is 32.8 Å². The highest BCUT2D eigenvalue weighted by Gasteiger charge is 2.21. The fourth-order valence-electron chi connectivity index (χ4n) is 2.78. The van der Waals surface area contributed by atoms with Gasteiger partial charge in [0.15, 0.2) is 11.5 Å². The van der Waals surface area contributed by atoms with Crippen LogP contribution in [0.1, 0.15) is 24.3 Å². The number of halogens is 1. The zero-order chi connectivity index (χ0) is 21.1. The van der Waals surface area contributed by atoms with Gasteiger partial charge in [-0.15, -0.1) is 0 Å². The first-order valence-electron chi connectivity index (χ1n) is 8.80. The third-order valence-corrected chi connectivity index (χ3v) is 4.21. The summed E-state index contributed by atoms with van der Waals surface area (Å²) >= 11 is 0. The minimum atomic E-state index is -0.790. The van der Waals surface area contributed by atoms with Crippen LogP contribution in [0.3, 0.4) is 0 Å². The van der Waals surface area contributed by atoms with Crippen molar-refractivity contribution in [2.24, 2.45) is 17.4 Å². The SMILES string of the molecule is CC(C)[C@@H](Nc1cnc(C(N)=O)c(Nc2cnc3c(F)cccc3c2)n1)C(N)=O. The van der Waals surface area contributed by atoms with Crippen LogP contribution in [-0.2, 0) is 4.79 Å². The quantitative estimate of drug-likeness (QED) is 0.476. The molecule has 0 bridgehead atoms. The van der Waals surface area contributed by atoms with Gasteiger partial charge in [-0.25, -0.2) is 14.4 Å². The molecule has 3 aromatic rings. The van der Waals surface area contributed by atoms with Crippen molar-refractivity contribution < 1.29 is 14.0 Å². The van der Waals surface area contributed by atoms with Gasteiger partial charge in [-0.2, -0.15) is 0 Å². The lowest BCUT2D eigenvalue weighted by Crippen LogP contribution is -2.39. The zero-order valence-electron chi connectivity index (χ0n) is 15.8. The van der Waals surface area contributed by atoms with Crippen LogP contribution in [0, 0.1) is 11.7 Å². The Morgan fingerprint density at radius 2 is 1.90 bits per heavy atom. The van der Waals surface area contributed by atoms with Crippen molar-refractivity contribution in [1.82, 2.24) is 15.0 Å². The maximum Gasteiger partial charge on any atom is 0.271 e. The molecule has 1 atom stereocenters. The molecule has 0 fully saturated rings. The number of primary amides is 2. The lowest BCUT2D eigenvalue weighted by Gasteiger charge is -2.20. The van der Waals surface area contributed by atoms with Crippen molar-refractivity contribution in [2.45, 2.75) is 19.9 Å². The molecule has 0 saturated carbocycles. The molecule has 9 nitrogen and oxygen atoms in total. The van der Waals surface area contributed by atoms with Gasteiger partial charge in [0.25, 0.3) is 5.91 Å². The molecular formula is C19H20FN7O2. The number of nitrogens with zero attached hydrogens (tertiary/aromatic N) is 3. The van der Waals surface area contributed by atoms with Crippen LogP contribution in [0.15, 0.2) is 36.7 Å². The number of rotatable bonds is 7. The Morgan fingerprint density at radius 1 is 1.14 bits per heavy atom. The van der Waals surface area contributed by atoms with E-state index < -0.39 is 23.7 Å². The molecule has 0 aliphatic heterocycles. The molecule has 0 saturated heterocycles. The fraction of sp³-hybridized carbons (Fsp3) is 0.211. The van der Waals surface area contributed by atoms with Gasteiger partial charge in [-0.3, -0.25) is 14.6 Å². The predicted molar refractivity (Wildman–Crippen MR) is 107 cm³/mol. The Bertz CT molecular complexity index is 1090. The van der Waals surface area contributed by atoms with Gasteiger partial charge in [0, 0.05) is 5.39 Å². The molecule has 2 heterocycles. The van der Waals surface area contributed by atoms with Gasteiger partial charge in [0.2, 0.25) is 5.91 Å². The van der Waals surface area contributed by atoms with Gasteiger partial charge < -0.3 is 22.1 Å². The Labute approximate surface area is 165 Å². The predicted octanol–water partition coefficient (Wildman–Crippen LogP) is 1.93. The van der Waals surface area contributed by atoms with E-state index in [1.165, 1.54) is 18.5 Å². The number of fused-ring (bicyclic) bond motifs is 1. The van der Waals surface area contributed by atoms with Gasteiger partial charge in [0.1, 0.15) is 23.2 Å². The maximum absolute atomic E-state index is 13.8. The highest BCUT2D eigenvalue weighted by Crippen LogP contribution is 2.23. The van der Waals surface area contributed by atoms with Crippen LogP contribution in [0.4, 0.5) is 21.7 Å². The second kappa shape index (κ2) is 8.05. The minimum Gasteiger partial charge on any atom is -0.368 e. The van der Waals surface area contributed by atoms with E-state index in [-0.39, 0.29) is 28.8 Å². The molecule has 0 radical (unpaired) electrons. The van der Waals surface area contributed by atoms with Crippen molar-refractivity contribution in [2.75, 3.05) is 10.6 Å². The number of amides is 2. The molecule has 6 N–H and O–H groups in total. The number of nitrogens with two attached hydrogens (primary N) is 2. The molecule has 29 heavy (non-hydrogen) atoms. The molecule has 0 unspecified atom stereocenters. The van der Waals surface area contributed by atoms with E-state index in [9.17, 15) is 14.0 Å². The first kappa shape index (κ1) is 19.9. The van der Waals surface area contributed by atoms with Crippen molar-refractivity contribution >= 4 is 40.0 Å². The number of hydrogen-bond donors (Lipinski definition) is 4. The normalized spacial score (nSPS) is 12.0. The molecular weight excluding hydrogens is 377 g/mol. The monoisotopic (exact) mass is 397 g/mol. The summed E-state index contributed by atoms with van der Waals surface area (Å²) in [4.78, 5) is 35.8. The summed E-state index contributed by atoms with van der Waals surface area (Å²) in [5, 5.41) is 6.39. The summed E-state index contributed by atoms with van der Waals surface area (Å²) in [6.45, 7) is 3.65. The Morgan fingerprint density at radius 3 is 2.55 bits per heavy atom. The van der Waals surface area contributed by atoms with E-state index in [1.54, 1.807) is 18.2 Å². The number of para-hydroxylation sites is 1. The Hall–Kier alpha value is -3.82. The number of hydrogen-bond acceptors (Lipinski definition) is 7. The number of carbonyl (C=O) groups excluding carboxylic acids is 2. The number of nitrogens with one attached hydrogen (secondary N) is 2. The molecule has 2 aromatic heterocycles. The second-order valence-corrected chi connectivity index (χ2v) is 6.75. The smallest absolute Gasteiger partial charge is 0.271 e. The molecule has 0 aliphatic rings. The molecule has 3 rings (SSSR count). The minimum absolute atomic E-state index is 0.0621. The zero-order valence-corrected chi connectivity index (χ0v) is 15.8. The standard InChI is InChI=1S/C19H20FN7O2/c1-9(2)14(17(21)28)26-13-8-24-16(18(22)29)19(27-13)25-11-6-10-4-3-5-12(20)15(10)23-7-11/h3-9,14H,1-2H3,(H2,21,28)(H2,22,29)(H2,25,26,27)/t14-/m1/s1. The number of aromatic nitrogens is 3. The molecule has 1 aromatic carbocycles. The van der Waals surface area contributed by atoms with E-state index in [1.807, 2.05) is 13.8 Å². The van der Waals surface area contributed by atoms with Crippen molar-refractivity contribution in [1.29, 1.82) is 0 Å². The average molecular weight is 397 g/mol. The summed E-state index contributed by atoms with van der Waals surface area (Å²) < 4.78 is 13.8. The van der Waals surface area contributed by atoms with E-state index in [0.717, 1.165) is 0 Å². The van der Waals surface area contributed by atoms with Gasteiger partial charge in [-0.1, -0.05) is 26.0 Å². The number of pyridine rings is 1. The Balaban J connectivity index is 1.96. The van der Waals surface area contributed by atoms with Crippen LogP contribution in [0.25, 0.3) is 10.9 Å². The number of anilines is 3. The second-order valence-electron chi connectivity index (χ2n) is 6.75. The lowest BCUT2D eigenvalue weighted by atomic mass is 10.0. The van der Waals surface area contributed by atoms with Gasteiger partial charge in [-0.05, 0) is 18.1 Å². The highest BCUT2D eigenvalue weighted by molar-refractivity contribution is 5.96. The summed E-state index contributed by atoms with van der Waals surface area (Å²) in [5.74, 6) is -1.58. The third-order valence-electron chi connectivity index (χ3n) is 4.21. The number of carbonyl (C=O) groups is 2. The summed E-state index contributed by atoms with van der Waals surface area (Å²) in [6.07, 6.45) is 2.69. The van der Waals surface area contributed by atoms with Crippen molar-refractivity contribution in [3.05, 3.63) is 48.2 Å². The molecule has 0 spiro atoms. The van der Waals surface area contributed by atoms with Crippen molar-refractivity contribution in [3.8, 4) is 0 Å². The summed E-state index contributed by atoms with van der Waals surface area (Å²) in [5.41, 5.74) is 11.4. The molecule has 0 aliphatic carbocycles. The maximum atomic E-state index is 13.8. The number of benzene rings is 1. The van der Waals surface area contributed by atoms with Gasteiger partial charge in [0.05, 0.1) is 18.1 Å². The topological polar surface area (TPSA) is 149 Å². The first-order chi connectivity index (χ1) is 13.8. The van der Waals surface area contributed by atoms with Crippen LogP contribution < -0.4 is 22.1 Å². The fourth-order valence-corrected chi connectivity index (χ4v) is 2.78. The Kier molecular flexibility index (Phi) is 5.53. The van der Waals surface area contributed by atoms with Crippen molar-refractivity contribution in [3.63, 3.8) is 0 Å². The largest absolute Gasteiger partial charge is 0.368 e. The molecule has 150 valence electrons. The summed E-state index contributed by atoms with van der Waals surface area (Å²) in [6, 6.07) is 5.56. The van der Waals surface area contributed by atoms with E-state index in [4.69, 9.17) is 11.5 Å². The van der Waals surface area contributed by atoms with E-state index >= 15 is 0 Å². The average Bonchev–Trinajstić information content (AvgIpc) is 2.65.